The Kier molecular flexibility index (Phi) is 5.84. The van der Waals surface area contributed by atoms with Gasteiger partial charge in [-0.1, -0.05) is 12.1 Å². The zero-order chi connectivity index (χ0) is 18.4. The summed E-state index contributed by atoms with van der Waals surface area (Å²) in [5.41, 5.74) is 1.19. The Hall–Kier alpha value is -2.78. The fourth-order valence-electron chi connectivity index (χ4n) is 1.99. The van der Waals surface area contributed by atoms with Crippen LogP contribution in [0.3, 0.4) is 0 Å². The Labute approximate surface area is 144 Å². The Morgan fingerprint density at radius 1 is 1.16 bits per heavy atom. The molecule has 2 aromatic rings. The van der Waals surface area contributed by atoms with E-state index in [2.05, 4.69) is 14.4 Å². The SMILES string of the molecule is CCOC(=O)CNS(=O)(=O)c1ccc(-c2cncc(C(=O)O)c2)cc1. The topological polar surface area (TPSA) is 123 Å². The van der Waals surface area contributed by atoms with Crippen LogP contribution in [-0.4, -0.2) is 43.6 Å². The van der Waals surface area contributed by atoms with Crippen LogP contribution in [0.15, 0.2) is 47.6 Å². The van der Waals surface area contributed by atoms with E-state index in [1.54, 1.807) is 6.92 Å². The van der Waals surface area contributed by atoms with Crippen LogP contribution in [0.2, 0.25) is 0 Å². The first kappa shape index (κ1) is 18.6. The predicted octanol–water partition coefficient (Wildman–Crippen LogP) is 1.29. The van der Waals surface area contributed by atoms with Crippen molar-refractivity contribution >= 4 is 22.0 Å². The van der Waals surface area contributed by atoms with Gasteiger partial charge in [0.15, 0.2) is 0 Å². The molecule has 0 unspecified atom stereocenters. The minimum Gasteiger partial charge on any atom is -0.478 e. The van der Waals surface area contributed by atoms with Crippen molar-refractivity contribution in [2.24, 2.45) is 0 Å². The van der Waals surface area contributed by atoms with Crippen LogP contribution in [0, 0.1) is 0 Å². The van der Waals surface area contributed by atoms with Gasteiger partial charge in [0.2, 0.25) is 10.0 Å². The molecule has 2 N–H and O–H groups in total. The summed E-state index contributed by atoms with van der Waals surface area (Å²) in [5, 5.41) is 8.98. The van der Waals surface area contributed by atoms with E-state index >= 15 is 0 Å². The molecule has 0 fully saturated rings. The molecule has 0 aliphatic heterocycles. The fourth-order valence-corrected chi connectivity index (χ4v) is 2.96. The second-order valence-electron chi connectivity index (χ2n) is 4.92. The molecular formula is C16H16N2O6S. The summed E-state index contributed by atoms with van der Waals surface area (Å²) in [6.07, 6.45) is 2.71. The molecule has 1 aromatic carbocycles. The number of ether oxygens (including phenoxy) is 1. The number of nitrogens with zero attached hydrogens (tertiary/aromatic N) is 1. The number of nitrogens with one attached hydrogen (secondary N) is 1. The standard InChI is InChI=1S/C16H16N2O6S/c1-2-24-15(19)10-18-25(22,23)14-5-3-11(4-6-14)12-7-13(16(20)21)9-17-8-12/h3-9,18H,2,10H2,1H3,(H,20,21). The molecule has 9 heteroatoms. The number of carboxylic acid groups (broad SMARTS) is 1. The van der Waals surface area contributed by atoms with Crippen LogP contribution in [0.25, 0.3) is 11.1 Å². The molecule has 0 amide bonds. The summed E-state index contributed by atoms with van der Waals surface area (Å²) in [5.74, 6) is -1.77. The van der Waals surface area contributed by atoms with Gasteiger partial charge in [-0.2, -0.15) is 4.72 Å². The third kappa shape index (κ3) is 4.85. The Morgan fingerprint density at radius 3 is 2.44 bits per heavy atom. The van der Waals surface area contributed by atoms with Gasteiger partial charge in [0.05, 0.1) is 17.1 Å². The molecule has 2 rings (SSSR count). The number of carbonyl (C=O) groups is 2. The lowest BCUT2D eigenvalue weighted by Gasteiger charge is -2.08. The minimum atomic E-state index is -3.85. The van der Waals surface area contributed by atoms with Crippen LogP contribution in [0.4, 0.5) is 0 Å². The summed E-state index contributed by atoms with van der Waals surface area (Å²) >= 11 is 0. The summed E-state index contributed by atoms with van der Waals surface area (Å²) in [6.45, 7) is 1.33. The van der Waals surface area contributed by atoms with Crippen LogP contribution in [-0.2, 0) is 19.6 Å². The molecule has 0 radical (unpaired) electrons. The molecule has 8 nitrogen and oxygen atoms in total. The molecule has 0 saturated heterocycles. The average molecular weight is 364 g/mol. The first-order chi connectivity index (χ1) is 11.8. The van der Waals surface area contributed by atoms with Crippen molar-refractivity contribution in [1.82, 2.24) is 9.71 Å². The Balaban J connectivity index is 2.17. The van der Waals surface area contributed by atoms with E-state index in [0.29, 0.717) is 11.1 Å². The third-order valence-electron chi connectivity index (χ3n) is 3.19. The van der Waals surface area contributed by atoms with Crippen molar-refractivity contribution in [2.45, 2.75) is 11.8 Å². The van der Waals surface area contributed by atoms with E-state index in [9.17, 15) is 18.0 Å². The van der Waals surface area contributed by atoms with Gasteiger partial charge in [-0.25, -0.2) is 13.2 Å². The van der Waals surface area contributed by atoms with Crippen LogP contribution in [0.5, 0.6) is 0 Å². The smallest absolute Gasteiger partial charge is 0.337 e. The highest BCUT2D eigenvalue weighted by Gasteiger charge is 2.16. The summed E-state index contributed by atoms with van der Waals surface area (Å²) in [7, 11) is -3.85. The maximum absolute atomic E-state index is 12.1. The molecule has 0 bridgehead atoms. The lowest BCUT2D eigenvalue weighted by molar-refractivity contribution is -0.141. The molecule has 0 spiro atoms. The zero-order valence-electron chi connectivity index (χ0n) is 13.3. The number of hydrogen-bond donors (Lipinski definition) is 2. The molecule has 0 aliphatic carbocycles. The largest absolute Gasteiger partial charge is 0.478 e. The molecular weight excluding hydrogens is 348 g/mol. The average Bonchev–Trinajstić information content (AvgIpc) is 2.60. The number of benzene rings is 1. The minimum absolute atomic E-state index is 0.0251. The van der Waals surface area contributed by atoms with Gasteiger partial charge in [0.1, 0.15) is 6.54 Å². The summed E-state index contributed by atoms with van der Waals surface area (Å²) < 4.78 is 31.1. The van der Waals surface area contributed by atoms with E-state index in [1.165, 1.54) is 42.7 Å². The molecule has 1 heterocycles. The van der Waals surface area contributed by atoms with Gasteiger partial charge >= 0.3 is 11.9 Å². The second kappa shape index (κ2) is 7.86. The normalized spacial score (nSPS) is 11.1. The summed E-state index contributed by atoms with van der Waals surface area (Å²) in [6, 6.07) is 7.22. The van der Waals surface area contributed by atoms with Crippen molar-refractivity contribution < 1.29 is 27.9 Å². The number of carboxylic acids is 1. The van der Waals surface area contributed by atoms with E-state index in [0.717, 1.165) is 0 Å². The highest BCUT2D eigenvalue weighted by Crippen LogP contribution is 2.21. The van der Waals surface area contributed by atoms with Crippen molar-refractivity contribution in [2.75, 3.05) is 13.2 Å². The monoisotopic (exact) mass is 364 g/mol. The molecule has 1 aromatic heterocycles. The maximum Gasteiger partial charge on any atom is 0.337 e. The van der Waals surface area contributed by atoms with Gasteiger partial charge in [-0.05, 0) is 30.7 Å². The molecule has 25 heavy (non-hydrogen) atoms. The molecule has 132 valence electrons. The van der Waals surface area contributed by atoms with Crippen molar-refractivity contribution in [1.29, 1.82) is 0 Å². The van der Waals surface area contributed by atoms with E-state index < -0.39 is 28.5 Å². The van der Waals surface area contributed by atoms with Gasteiger partial charge in [0, 0.05) is 18.0 Å². The Bertz CT molecular complexity index is 878. The van der Waals surface area contributed by atoms with E-state index in [-0.39, 0.29) is 17.1 Å². The lowest BCUT2D eigenvalue weighted by Crippen LogP contribution is -2.30. The molecule has 0 atom stereocenters. The number of hydrogen-bond acceptors (Lipinski definition) is 6. The van der Waals surface area contributed by atoms with Crippen molar-refractivity contribution in [3.05, 3.63) is 48.3 Å². The number of carbonyl (C=O) groups excluding carboxylic acids is 1. The number of rotatable bonds is 7. The van der Waals surface area contributed by atoms with Crippen LogP contribution < -0.4 is 4.72 Å². The summed E-state index contributed by atoms with van der Waals surface area (Å²) in [4.78, 5) is 26.1. The molecule has 0 saturated carbocycles. The highest BCUT2D eigenvalue weighted by atomic mass is 32.2. The second-order valence-corrected chi connectivity index (χ2v) is 6.69. The van der Waals surface area contributed by atoms with Gasteiger partial charge in [-0.3, -0.25) is 9.78 Å². The van der Waals surface area contributed by atoms with Crippen LogP contribution in [0.1, 0.15) is 17.3 Å². The number of sulfonamides is 1. The Morgan fingerprint density at radius 2 is 1.84 bits per heavy atom. The number of pyridine rings is 1. The van der Waals surface area contributed by atoms with Crippen LogP contribution >= 0.6 is 0 Å². The van der Waals surface area contributed by atoms with Gasteiger partial charge < -0.3 is 9.84 Å². The van der Waals surface area contributed by atoms with Gasteiger partial charge in [-0.15, -0.1) is 0 Å². The molecule has 0 aliphatic rings. The predicted molar refractivity (Wildman–Crippen MR) is 88.5 cm³/mol. The fraction of sp³-hybridized carbons (Fsp3) is 0.188. The first-order valence-electron chi connectivity index (χ1n) is 7.27. The van der Waals surface area contributed by atoms with Crippen molar-refractivity contribution in [3.8, 4) is 11.1 Å². The number of aromatic nitrogens is 1. The zero-order valence-corrected chi connectivity index (χ0v) is 14.1. The van der Waals surface area contributed by atoms with Crippen molar-refractivity contribution in [3.63, 3.8) is 0 Å². The highest BCUT2D eigenvalue weighted by molar-refractivity contribution is 7.89. The lowest BCUT2D eigenvalue weighted by atomic mass is 10.1. The van der Waals surface area contributed by atoms with E-state index in [1.807, 2.05) is 0 Å². The number of esters is 1. The third-order valence-corrected chi connectivity index (χ3v) is 4.61. The van der Waals surface area contributed by atoms with E-state index in [4.69, 9.17) is 5.11 Å². The first-order valence-corrected chi connectivity index (χ1v) is 8.76. The quantitative estimate of drug-likeness (QED) is 0.710. The number of aromatic carboxylic acids is 1. The van der Waals surface area contributed by atoms with Gasteiger partial charge in [0.25, 0.3) is 0 Å². The maximum atomic E-state index is 12.1.